The van der Waals surface area contributed by atoms with Crippen LogP contribution in [0.5, 0.6) is 0 Å². The number of ether oxygens (including phenoxy) is 1. The molecule has 0 spiro atoms. The molecule has 0 amide bonds. The highest BCUT2D eigenvalue weighted by atomic mass is 28.4. The van der Waals surface area contributed by atoms with E-state index in [1.807, 2.05) is 0 Å². The summed E-state index contributed by atoms with van der Waals surface area (Å²) in [6, 6.07) is 0. The first-order valence-electron chi connectivity index (χ1n) is 12.4. The third-order valence-corrected chi connectivity index (χ3v) is 15.8. The lowest BCUT2D eigenvalue weighted by atomic mass is 10.1. The van der Waals surface area contributed by atoms with E-state index in [2.05, 4.69) is 70.3 Å². The Morgan fingerprint density at radius 3 is 2.29 bits per heavy atom. The largest absolute Gasteiger partial charge is 0.437 e. The Labute approximate surface area is 209 Å². The standard InChI is InChI=1S/C22H41N5O6Si2/c1-11(2)34(12(3)4)33-35(13(5)6,14(7)8)31-9-15-17(28)18(29)21(32-15)27-10-24-16-19(27)25-22(23)26-20(16)30/h10-15,17-18,21,28-29,34H,9H2,1-8H3,(H3,23,25,26,30)/t15-,17?,18-,21-/m1/s1. The topological polar surface area (TPSA) is 158 Å². The van der Waals surface area contributed by atoms with E-state index in [-0.39, 0.29) is 34.8 Å². The number of nitrogens with zero attached hydrogens (tertiary/aromatic N) is 3. The van der Waals surface area contributed by atoms with Gasteiger partial charge in [0.1, 0.15) is 18.3 Å². The number of aliphatic hydroxyl groups is 2. The normalized spacial score (nSPS) is 23.7. The van der Waals surface area contributed by atoms with Crippen LogP contribution in [-0.2, 0) is 13.3 Å². The van der Waals surface area contributed by atoms with E-state index >= 15 is 0 Å². The summed E-state index contributed by atoms with van der Waals surface area (Å²) in [4.78, 5) is 22.7. The molecule has 1 aliphatic rings. The van der Waals surface area contributed by atoms with Gasteiger partial charge in [-0.15, -0.1) is 0 Å². The van der Waals surface area contributed by atoms with Crippen LogP contribution >= 0.6 is 0 Å². The first-order valence-corrected chi connectivity index (χ1v) is 16.1. The van der Waals surface area contributed by atoms with Crippen LogP contribution in [0.4, 0.5) is 5.95 Å². The zero-order chi connectivity index (χ0) is 26.2. The lowest BCUT2D eigenvalue weighted by molar-refractivity contribution is -0.0515. The van der Waals surface area contributed by atoms with E-state index in [4.69, 9.17) is 19.0 Å². The Morgan fingerprint density at radius 2 is 1.74 bits per heavy atom. The molecule has 4 atom stereocenters. The fourth-order valence-electron chi connectivity index (χ4n) is 5.00. The molecule has 11 nitrogen and oxygen atoms in total. The number of nitrogens with two attached hydrogens (primary N) is 1. The number of hydrogen-bond acceptors (Lipinski definition) is 9. The van der Waals surface area contributed by atoms with Gasteiger partial charge >= 0.3 is 8.56 Å². The lowest BCUT2D eigenvalue weighted by Gasteiger charge is -2.43. The van der Waals surface area contributed by atoms with Crippen LogP contribution in [0.25, 0.3) is 11.2 Å². The summed E-state index contributed by atoms with van der Waals surface area (Å²) in [6.07, 6.45) is -2.92. The number of anilines is 1. The highest BCUT2D eigenvalue weighted by Crippen LogP contribution is 2.40. The second-order valence-corrected chi connectivity index (χ2v) is 19.3. The number of imidazole rings is 1. The summed E-state index contributed by atoms with van der Waals surface area (Å²) in [5.74, 6) is -0.0759. The van der Waals surface area contributed by atoms with Crippen LogP contribution in [0.1, 0.15) is 61.6 Å². The van der Waals surface area contributed by atoms with Crippen molar-refractivity contribution in [2.75, 3.05) is 12.3 Å². The number of fused-ring (bicyclic) bond motifs is 1. The number of aliphatic hydroxyl groups excluding tert-OH is 2. The third-order valence-electron chi connectivity index (χ3n) is 6.78. The van der Waals surface area contributed by atoms with Gasteiger partial charge in [0.2, 0.25) is 5.95 Å². The number of nitrogen functional groups attached to an aromatic ring is 1. The molecule has 198 valence electrons. The van der Waals surface area contributed by atoms with E-state index in [1.54, 1.807) is 0 Å². The molecular weight excluding hydrogens is 486 g/mol. The molecule has 3 heterocycles. The van der Waals surface area contributed by atoms with Crippen LogP contribution in [0.3, 0.4) is 0 Å². The average molecular weight is 528 g/mol. The molecule has 0 aliphatic carbocycles. The smallest absolute Gasteiger partial charge is 0.333 e. The maximum absolute atomic E-state index is 12.1. The highest BCUT2D eigenvalue weighted by molar-refractivity contribution is 6.78. The van der Waals surface area contributed by atoms with Crippen molar-refractivity contribution in [3.63, 3.8) is 0 Å². The minimum Gasteiger partial charge on any atom is -0.437 e. The number of nitrogens with one attached hydrogen (secondary N) is 1. The fourth-order valence-corrected chi connectivity index (χ4v) is 15.3. The molecule has 35 heavy (non-hydrogen) atoms. The van der Waals surface area contributed by atoms with Gasteiger partial charge in [-0.2, -0.15) is 4.98 Å². The summed E-state index contributed by atoms with van der Waals surface area (Å²) in [7, 11) is -4.29. The van der Waals surface area contributed by atoms with E-state index in [0.717, 1.165) is 0 Å². The molecule has 2 aromatic heterocycles. The van der Waals surface area contributed by atoms with Crippen molar-refractivity contribution in [2.24, 2.45) is 0 Å². The average Bonchev–Trinajstić information content (AvgIpc) is 3.29. The SMILES string of the molecule is CC(C)[SiH](O[Si](OC[C@H]1O[C@@H](n2cnc3c(=O)[nH]c(N)nc32)[C@H](O)C1O)(C(C)C)C(C)C)C(C)C. The summed E-state index contributed by atoms with van der Waals surface area (Å²) in [5, 5.41) is 21.6. The number of rotatable bonds is 10. The molecule has 0 bridgehead atoms. The van der Waals surface area contributed by atoms with Crippen molar-refractivity contribution >= 4 is 34.7 Å². The van der Waals surface area contributed by atoms with Crippen LogP contribution in [-0.4, -0.2) is 72.3 Å². The van der Waals surface area contributed by atoms with Crippen LogP contribution in [0.2, 0.25) is 22.2 Å². The van der Waals surface area contributed by atoms with Crippen LogP contribution in [0.15, 0.2) is 11.1 Å². The molecule has 3 rings (SSSR count). The van der Waals surface area contributed by atoms with Crippen LogP contribution in [0, 0.1) is 0 Å². The zero-order valence-corrected chi connectivity index (χ0v) is 24.1. The number of aromatic amines is 1. The van der Waals surface area contributed by atoms with Gasteiger partial charge in [0.05, 0.1) is 12.9 Å². The molecule has 1 saturated heterocycles. The Bertz CT molecular complexity index is 1040. The van der Waals surface area contributed by atoms with Gasteiger partial charge in [-0.1, -0.05) is 55.4 Å². The van der Waals surface area contributed by atoms with Gasteiger partial charge in [-0.3, -0.25) is 14.3 Å². The molecule has 5 N–H and O–H groups in total. The summed E-state index contributed by atoms with van der Waals surface area (Å²) in [5.41, 5.74) is 6.73. The quantitative estimate of drug-likeness (QED) is 0.340. The Hall–Kier alpha value is -1.62. The Kier molecular flexibility index (Phi) is 8.62. The number of H-pyrrole nitrogens is 1. The molecule has 0 saturated carbocycles. The van der Waals surface area contributed by atoms with Gasteiger partial charge in [-0.25, -0.2) is 4.98 Å². The van der Waals surface area contributed by atoms with Crippen molar-refractivity contribution in [3.8, 4) is 0 Å². The maximum Gasteiger partial charge on any atom is 0.333 e. The minimum absolute atomic E-state index is 0.0713. The first-order chi connectivity index (χ1) is 16.3. The molecule has 0 aromatic carbocycles. The van der Waals surface area contributed by atoms with Gasteiger partial charge in [0, 0.05) is 0 Å². The molecule has 13 heteroatoms. The maximum atomic E-state index is 12.1. The van der Waals surface area contributed by atoms with E-state index in [1.165, 1.54) is 10.9 Å². The van der Waals surface area contributed by atoms with E-state index < -0.39 is 47.7 Å². The van der Waals surface area contributed by atoms with Crippen LogP contribution < -0.4 is 11.3 Å². The van der Waals surface area contributed by atoms with Gasteiger partial charge in [0.25, 0.3) is 5.56 Å². The predicted octanol–water partition coefficient (Wildman–Crippen LogP) is 2.16. The van der Waals surface area contributed by atoms with Crippen molar-refractivity contribution in [1.82, 2.24) is 19.5 Å². The molecule has 0 radical (unpaired) electrons. The monoisotopic (exact) mass is 527 g/mol. The predicted molar refractivity (Wildman–Crippen MR) is 139 cm³/mol. The number of hydrogen-bond donors (Lipinski definition) is 4. The zero-order valence-electron chi connectivity index (χ0n) is 21.9. The summed E-state index contributed by atoms with van der Waals surface area (Å²) >= 11 is 0. The van der Waals surface area contributed by atoms with Gasteiger partial charge in [0.15, 0.2) is 26.4 Å². The highest BCUT2D eigenvalue weighted by Gasteiger charge is 2.50. The summed E-state index contributed by atoms with van der Waals surface area (Å²) in [6.45, 7) is 17.5. The second kappa shape index (κ2) is 10.8. The second-order valence-electron chi connectivity index (χ2n) is 10.7. The van der Waals surface area contributed by atoms with Crippen molar-refractivity contribution in [2.45, 2.75) is 102 Å². The molecule has 1 aliphatic heterocycles. The molecule has 1 fully saturated rings. The van der Waals surface area contributed by atoms with Crippen molar-refractivity contribution in [3.05, 3.63) is 16.7 Å². The molecule has 1 unspecified atom stereocenters. The van der Waals surface area contributed by atoms with Gasteiger partial charge in [-0.05, 0) is 22.2 Å². The third kappa shape index (κ3) is 5.40. The van der Waals surface area contributed by atoms with E-state index in [9.17, 15) is 15.0 Å². The van der Waals surface area contributed by atoms with E-state index in [0.29, 0.717) is 11.1 Å². The molecular formula is C22H41N5O6Si2. The Morgan fingerprint density at radius 1 is 1.14 bits per heavy atom. The minimum atomic E-state index is -2.71. The van der Waals surface area contributed by atoms with Crippen molar-refractivity contribution < 1.29 is 23.5 Å². The summed E-state index contributed by atoms with van der Waals surface area (Å²) < 4.78 is 21.1. The first kappa shape index (κ1) is 28.0. The van der Waals surface area contributed by atoms with Gasteiger partial charge < -0.3 is 29.2 Å². The number of aromatic nitrogens is 4. The fraction of sp³-hybridized carbons (Fsp3) is 0.773. The molecule has 2 aromatic rings. The lowest BCUT2D eigenvalue weighted by Crippen LogP contribution is -2.54. The van der Waals surface area contributed by atoms with Crippen molar-refractivity contribution in [1.29, 1.82) is 0 Å². The Balaban J connectivity index is 1.85.